The number of aryl methyl sites for hydroxylation is 1. The van der Waals surface area contributed by atoms with Gasteiger partial charge in [-0.05, 0) is 30.7 Å². The number of hydrogen-bond donors (Lipinski definition) is 2. The first kappa shape index (κ1) is 9.95. The van der Waals surface area contributed by atoms with E-state index in [9.17, 15) is 0 Å². The van der Waals surface area contributed by atoms with Gasteiger partial charge in [-0.15, -0.1) is 0 Å². The summed E-state index contributed by atoms with van der Waals surface area (Å²) in [4.78, 5) is 0. The Labute approximate surface area is 87.9 Å². The van der Waals surface area contributed by atoms with Gasteiger partial charge in [0.1, 0.15) is 0 Å². The maximum Gasteiger partial charge on any atom is 0.508 e. The van der Waals surface area contributed by atoms with E-state index in [1.165, 1.54) is 10.9 Å². The summed E-state index contributed by atoms with van der Waals surface area (Å²) < 4.78 is 1.51. The number of benzene rings is 1. The molecule has 0 aliphatic heterocycles. The normalized spacial score (nSPS) is 10.3. The van der Waals surface area contributed by atoms with Crippen LogP contribution >= 0.6 is 0 Å². The van der Waals surface area contributed by atoms with Gasteiger partial charge in [0.25, 0.3) is 0 Å². The van der Waals surface area contributed by atoms with E-state index < -0.39 is 7.12 Å². The first-order valence-corrected chi connectivity index (χ1v) is 4.65. The van der Waals surface area contributed by atoms with E-state index >= 15 is 0 Å². The van der Waals surface area contributed by atoms with Crippen LogP contribution in [0.4, 0.5) is 0 Å². The lowest BCUT2D eigenvalue weighted by atomic mass is 9.86. The molecule has 0 unspecified atom stereocenters. The van der Waals surface area contributed by atoms with Crippen molar-refractivity contribution in [1.82, 2.24) is 9.78 Å². The molecule has 0 fully saturated rings. The Morgan fingerprint density at radius 1 is 1.27 bits per heavy atom. The highest BCUT2D eigenvalue weighted by molar-refractivity contribution is 6.57. The molecule has 2 rings (SSSR count). The Morgan fingerprint density at radius 2 is 2.07 bits per heavy atom. The Morgan fingerprint density at radius 3 is 2.73 bits per heavy atom. The quantitative estimate of drug-likeness (QED) is 0.666. The van der Waals surface area contributed by atoms with Crippen molar-refractivity contribution >= 4 is 12.7 Å². The summed E-state index contributed by atoms with van der Waals surface area (Å²) in [6.07, 6.45) is 1.54. The highest BCUT2D eigenvalue weighted by atomic mass is 16.4. The monoisotopic (exact) mass is 202 g/mol. The molecule has 0 aliphatic rings. The van der Waals surface area contributed by atoms with E-state index in [2.05, 4.69) is 5.10 Å². The Kier molecular flexibility index (Phi) is 2.57. The van der Waals surface area contributed by atoms with Crippen LogP contribution in [-0.4, -0.2) is 26.9 Å². The molecule has 5 heteroatoms. The van der Waals surface area contributed by atoms with Gasteiger partial charge in [0.2, 0.25) is 0 Å². The summed E-state index contributed by atoms with van der Waals surface area (Å²) in [6, 6.07) is 9.25. The third kappa shape index (κ3) is 1.93. The molecule has 0 amide bonds. The van der Waals surface area contributed by atoms with Gasteiger partial charge in [-0.3, -0.25) is 0 Å². The van der Waals surface area contributed by atoms with Crippen LogP contribution in [0.1, 0.15) is 5.56 Å². The van der Waals surface area contributed by atoms with Crippen LogP contribution in [0, 0.1) is 6.92 Å². The lowest BCUT2D eigenvalue weighted by molar-refractivity contribution is 0.423. The summed E-state index contributed by atoms with van der Waals surface area (Å²) in [5.74, 6) is 0. The highest BCUT2D eigenvalue weighted by Crippen LogP contribution is 2.07. The van der Waals surface area contributed by atoms with Crippen LogP contribution in [0.2, 0.25) is 0 Å². The van der Waals surface area contributed by atoms with Gasteiger partial charge in [-0.2, -0.15) is 5.10 Å². The average Bonchev–Trinajstić information content (AvgIpc) is 2.65. The molecule has 0 bridgehead atoms. The zero-order chi connectivity index (χ0) is 10.8. The van der Waals surface area contributed by atoms with E-state index in [1.807, 2.05) is 31.2 Å². The van der Waals surface area contributed by atoms with E-state index in [1.54, 1.807) is 6.07 Å². The van der Waals surface area contributed by atoms with E-state index in [4.69, 9.17) is 10.0 Å². The van der Waals surface area contributed by atoms with Crippen LogP contribution in [-0.2, 0) is 0 Å². The second-order valence-corrected chi connectivity index (χ2v) is 3.38. The van der Waals surface area contributed by atoms with Gasteiger partial charge in [-0.25, -0.2) is 4.68 Å². The summed E-state index contributed by atoms with van der Waals surface area (Å²) >= 11 is 0. The van der Waals surface area contributed by atoms with Crippen molar-refractivity contribution in [3.05, 3.63) is 42.1 Å². The maximum absolute atomic E-state index is 9.12. The van der Waals surface area contributed by atoms with Crippen molar-refractivity contribution in [2.75, 3.05) is 0 Å². The Hall–Kier alpha value is -1.59. The molecule has 0 radical (unpaired) electrons. The van der Waals surface area contributed by atoms with E-state index in [-0.39, 0.29) is 0 Å². The second-order valence-electron chi connectivity index (χ2n) is 3.38. The standard InChI is InChI=1S/C10H11BN2O2/c1-8-3-2-4-9(7-8)13-10(11(14)15)5-6-12-13/h2-7,14-15H,1H3. The minimum Gasteiger partial charge on any atom is -0.422 e. The van der Waals surface area contributed by atoms with Crippen LogP contribution in [0.3, 0.4) is 0 Å². The second kappa shape index (κ2) is 3.88. The Balaban J connectivity index is 2.49. The summed E-state index contributed by atoms with van der Waals surface area (Å²) in [5.41, 5.74) is 2.28. The van der Waals surface area contributed by atoms with Crippen molar-refractivity contribution < 1.29 is 10.0 Å². The number of hydrogen-bond acceptors (Lipinski definition) is 3. The fraction of sp³-hybridized carbons (Fsp3) is 0.100. The summed E-state index contributed by atoms with van der Waals surface area (Å²) in [5, 5.41) is 22.3. The molecular weight excluding hydrogens is 191 g/mol. The zero-order valence-corrected chi connectivity index (χ0v) is 8.33. The van der Waals surface area contributed by atoms with Gasteiger partial charge in [0, 0.05) is 6.20 Å². The number of nitrogens with zero attached hydrogens (tertiary/aromatic N) is 2. The lowest BCUT2D eigenvalue weighted by Gasteiger charge is -2.07. The number of aromatic nitrogens is 2. The molecule has 15 heavy (non-hydrogen) atoms. The average molecular weight is 202 g/mol. The minimum absolute atomic E-state index is 0.362. The number of rotatable bonds is 2. The first-order valence-electron chi connectivity index (χ1n) is 4.65. The smallest absolute Gasteiger partial charge is 0.422 e. The molecule has 0 saturated carbocycles. The summed E-state index contributed by atoms with van der Waals surface area (Å²) in [6.45, 7) is 1.97. The van der Waals surface area contributed by atoms with Gasteiger partial charge < -0.3 is 10.0 Å². The van der Waals surface area contributed by atoms with Crippen molar-refractivity contribution in [2.24, 2.45) is 0 Å². The zero-order valence-electron chi connectivity index (χ0n) is 8.33. The molecule has 1 heterocycles. The summed E-state index contributed by atoms with van der Waals surface area (Å²) in [7, 11) is -1.51. The van der Waals surface area contributed by atoms with E-state index in [0.29, 0.717) is 5.59 Å². The predicted molar refractivity (Wildman–Crippen MR) is 58.1 cm³/mol. The topological polar surface area (TPSA) is 58.3 Å². The van der Waals surface area contributed by atoms with Crippen LogP contribution < -0.4 is 5.59 Å². The molecule has 2 aromatic rings. The van der Waals surface area contributed by atoms with Gasteiger partial charge >= 0.3 is 7.12 Å². The molecule has 1 aromatic heterocycles. The SMILES string of the molecule is Cc1cccc(-n2nccc2B(O)O)c1. The molecule has 0 aliphatic carbocycles. The van der Waals surface area contributed by atoms with Gasteiger partial charge in [0.05, 0.1) is 11.3 Å². The molecule has 0 atom stereocenters. The maximum atomic E-state index is 9.12. The third-order valence-electron chi connectivity index (χ3n) is 2.18. The predicted octanol–water partition coefficient (Wildman–Crippen LogP) is -0.139. The molecular formula is C10H11BN2O2. The fourth-order valence-electron chi connectivity index (χ4n) is 1.48. The molecule has 2 N–H and O–H groups in total. The Bertz CT molecular complexity index is 468. The van der Waals surface area contributed by atoms with Crippen molar-refractivity contribution in [3.8, 4) is 5.69 Å². The molecule has 0 saturated heterocycles. The van der Waals surface area contributed by atoms with Crippen LogP contribution in [0.5, 0.6) is 0 Å². The fourth-order valence-corrected chi connectivity index (χ4v) is 1.48. The van der Waals surface area contributed by atoms with Gasteiger partial charge in [-0.1, -0.05) is 12.1 Å². The minimum atomic E-state index is -1.51. The molecule has 0 spiro atoms. The van der Waals surface area contributed by atoms with Crippen molar-refractivity contribution in [3.63, 3.8) is 0 Å². The van der Waals surface area contributed by atoms with Crippen molar-refractivity contribution in [2.45, 2.75) is 6.92 Å². The lowest BCUT2D eigenvalue weighted by Crippen LogP contribution is -2.35. The third-order valence-corrected chi connectivity index (χ3v) is 2.18. The van der Waals surface area contributed by atoms with Crippen molar-refractivity contribution in [1.29, 1.82) is 0 Å². The highest BCUT2D eigenvalue weighted by Gasteiger charge is 2.17. The molecule has 1 aromatic carbocycles. The molecule has 76 valence electrons. The van der Waals surface area contributed by atoms with Crippen LogP contribution in [0.15, 0.2) is 36.5 Å². The van der Waals surface area contributed by atoms with Gasteiger partial charge in [0.15, 0.2) is 0 Å². The van der Waals surface area contributed by atoms with Crippen LogP contribution in [0.25, 0.3) is 5.69 Å². The van der Waals surface area contributed by atoms with E-state index in [0.717, 1.165) is 11.3 Å². The first-order chi connectivity index (χ1) is 7.18. The largest absolute Gasteiger partial charge is 0.508 e. The molecule has 4 nitrogen and oxygen atoms in total.